The molecule has 3 heterocycles. The fraction of sp³-hybridized carbons (Fsp3) is 0.667. The van der Waals surface area contributed by atoms with Crippen LogP contribution in [0.25, 0.3) is 11.0 Å². The van der Waals surface area contributed by atoms with Crippen LogP contribution >= 0.6 is 0 Å². The van der Waals surface area contributed by atoms with Crippen LogP contribution in [-0.4, -0.2) is 35.4 Å². The second-order valence-corrected chi connectivity index (χ2v) is 15.4. The number of aryl methyl sites for hydroxylation is 1. The number of aromatic nitrogens is 2. The molecule has 0 unspecified atom stereocenters. The van der Waals surface area contributed by atoms with Crippen LogP contribution in [0, 0.1) is 6.92 Å². The molecule has 0 bridgehead atoms. The molecule has 1 saturated heterocycles. The zero-order chi connectivity index (χ0) is 20.0. The Balaban J connectivity index is 1.84. The van der Waals surface area contributed by atoms with Crippen LogP contribution in [-0.2, 0) is 20.9 Å². The van der Waals surface area contributed by atoms with Crippen LogP contribution in [0.3, 0.4) is 0 Å². The highest BCUT2D eigenvalue weighted by molar-refractivity contribution is 6.76. The van der Waals surface area contributed by atoms with Crippen LogP contribution in [0.1, 0.15) is 45.1 Å². The Kier molecular flexibility index (Phi) is 5.31. The largest absolute Gasteiger partial charge is 0.361 e. The Morgan fingerprint density at radius 1 is 1.15 bits per heavy atom. The van der Waals surface area contributed by atoms with E-state index >= 15 is 0 Å². The minimum atomic E-state index is -1.08. The standard InChI is InChI=1S/C21H34N2O3Si/c1-15-13-23(14-24-11-12-27(6,7)8)18-17(15)16(9-10-22-18)19-25-20(2,3)21(4,5)26-19/h9-10,13,19H,11-12,14H2,1-8H3. The van der Waals surface area contributed by atoms with Gasteiger partial charge in [-0.3, -0.25) is 0 Å². The molecule has 0 N–H and O–H groups in total. The van der Waals surface area contributed by atoms with Gasteiger partial charge in [0.2, 0.25) is 0 Å². The molecular formula is C21H34N2O3Si. The van der Waals surface area contributed by atoms with Crippen LogP contribution in [0.5, 0.6) is 0 Å². The summed E-state index contributed by atoms with van der Waals surface area (Å²) in [7, 11) is -1.08. The molecule has 3 rings (SSSR count). The van der Waals surface area contributed by atoms with Gasteiger partial charge in [0.1, 0.15) is 12.4 Å². The van der Waals surface area contributed by atoms with Gasteiger partial charge in [0.15, 0.2) is 6.29 Å². The van der Waals surface area contributed by atoms with Gasteiger partial charge in [0.25, 0.3) is 0 Å². The van der Waals surface area contributed by atoms with E-state index in [9.17, 15) is 0 Å². The number of ether oxygens (including phenoxy) is 3. The Morgan fingerprint density at radius 2 is 1.78 bits per heavy atom. The molecule has 0 amide bonds. The van der Waals surface area contributed by atoms with Gasteiger partial charge in [-0.05, 0) is 52.3 Å². The lowest BCUT2D eigenvalue weighted by Gasteiger charge is -2.30. The van der Waals surface area contributed by atoms with Gasteiger partial charge < -0.3 is 18.8 Å². The van der Waals surface area contributed by atoms with Crippen molar-refractivity contribution in [2.24, 2.45) is 0 Å². The summed E-state index contributed by atoms with van der Waals surface area (Å²) >= 11 is 0. The molecule has 0 spiro atoms. The average molecular weight is 391 g/mol. The second-order valence-electron chi connectivity index (χ2n) is 9.82. The van der Waals surface area contributed by atoms with E-state index in [2.05, 4.69) is 70.0 Å². The quantitative estimate of drug-likeness (QED) is 0.498. The lowest BCUT2D eigenvalue weighted by molar-refractivity contribution is -0.0886. The zero-order valence-corrected chi connectivity index (χ0v) is 19.0. The zero-order valence-electron chi connectivity index (χ0n) is 18.0. The van der Waals surface area contributed by atoms with E-state index in [4.69, 9.17) is 14.2 Å². The van der Waals surface area contributed by atoms with Crippen LogP contribution in [0.4, 0.5) is 0 Å². The molecule has 2 aromatic heterocycles. The van der Waals surface area contributed by atoms with Gasteiger partial charge in [-0.25, -0.2) is 4.98 Å². The molecule has 5 nitrogen and oxygen atoms in total. The maximum Gasteiger partial charge on any atom is 0.186 e. The molecule has 0 atom stereocenters. The van der Waals surface area contributed by atoms with E-state index in [1.54, 1.807) is 0 Å². The van der Waals surface area contributed by atoms with Crippen molar-refractivity contribution in [1.82, 2.24) is 9.55 Å². The fourth-order valence-corrected chi connectivity index (χ4v) is 4.01. The topological polar surface area (TPSA) is 45.5 Å². The van der Waals surface area contributed by atoms with Crippen LogP contribution in [0.2, 0.25) is 25.7 Å². The normalized spacial score (nSPS) is 19.9. The molecule has 0 aliphatic carbocycles. The van der Waals surface area contributed by atoms with Crippen molar-refractivity contribution in [3.63, 3.8) is 0 Å². The van der Waals surface area contributed by atoms with Crippen molar-refractivity contribution in [1.29, 1.82) is 0 Å². The monoisotopic (exact) mass is 390 g/mol. The summed E-state index contributed by atoms with van der Waals surface area (Å²) in [5, 5.41) is 1.10. The van der Waals surface area contributed by atoms with Crippen molar-refractivity contribution in [3.8, 4) is 0 Å². The van der Waals surface area contributed by atoms with Crippen molar-refractivity contribution in [2.45, 2.75) is 84.5 Å². The highest BCUT2D eigenvalue weighted by Gasteiger charge is 2.50. The van der Waals surface area contributed by atoms with Gasteiger partial charge >= 0.3 is 0 Å². The molecule has 0 radical (unpaired) electrons. The Morgan fingerprint density at radius 3 is 2.37 bits per heavy atom. The summed E-state index contributed by atoms with van der Waals surface area (Å²) in [5.74, 6) is 0. The summed E-state index contributed by atoms with van der Waals surface area (Å²) < 4.78 is 20.6. The molecule has 1 aliphatic rings. The molecule has 150 valence electrons. The molecule has 27 heavy (non-hydrogen) atoms. The summed E-state index contributed by atoms with van der Waals surface area (Å²) in [5.41, 5.74) is 2.41. The van der Waals surface area contributed by atoms with Gasteiger partial charge in [-0.1, -0.05) is 19.6 Å². The first-order chi connectivity index (χ1) is 12.4. The van der Waals surface area contributed by atoms with Gasteiger partial charge in [-0.2, -0.15) is 0 Å². The Hall–Kier alpha value is -1.21. The predicted molar refractivity (Wildman–Crippen MR) is 112 cm³/mol. The molecule has 0 saturated carbocycles. The summed E-state index contributed by atoms with van der Waals surface area (Å²) in [6.07, 6.45) is 3.56. The minimum absolute atomic E-state index is 0.357. The smallest absolute Gasteiger partial charge is 0.186 e. The van der Waals surface area contributed by atoms with E-state index in [1.165, 1.54) is 0 Å². The first-order valence-corrected chi connectivity index (χ1v) is 13.5. The second kappa shape index (κ2) is 6.99. The highest BCUT2D eigenvalue weighted by atomic mass is 28.3. The lowest BCUT2D eigenvalue weighted by Crippen LogP contribution is -2.41. The Bertz CT molecular complexity index is 805. The predicted octanol–water partition coefficient (Wildman–Crippen LogP) is 5.26. The van der Waals surface area contributed by atoms with E-state index in [0.29, 0.717) is 6.73 Å². The van der Waals surface area contributed by atoms with Gasteiger partial charge in [0, 0.05) is 38.0 Å². The number of pyridine rings is 1. The molecule has 6 heteroatoms. The third-order valence-electron chi connectivity index (χ3n) is 5.71. The van der Waals surface area contributed by atoms with Crippen molar-refractivity contribution in [3.05, 3.63) is 29.6 Å². The lowest BCUT2D eigenvalue weighted by atomic mass is 9.90. The number of rotatable bonds is 6. The average Bonchev–Trinajstić information content (AvgIpc) is 2.96. The van der Waals surface area contributed by atoms with Crippen LogP contribution < -0.4 is 0 Å². The van der Waals surface area contributed by atoms with E-state index in [-0.39, 0.29) is 17.5 Å². The van der Waals surface area contributed by atoms with E-state index in [0.717, 1.165) is 34.8 Å². The third kappa shape index (κ3) is 4.14. The minimum Gasteiger partial charge on any atom is -0.361 e. The maximum absolute atomic E-state index is 6.27. The number of hydrogen-bond acceptors (Lipinski definition) is 4. The summed E-state index contributed by atoms with van der Waals surface area (Å²) in [6, 6.07) is 3.17. The number of nitrogens with zero attached hydrogens (tertiary/aromatic N) is 2. The third-order valence-corrected chi connectivity index (χ3v) is 7.42. The number of fused-ring (bicyclic) bond motifs is 1. The van der Waals surface area contributed by atoms with Crippen LogP contribution in [0.15, 0.2) is 18.5 Å². The van der Waals surface area contributed by atoms with Gasteiger partial charge in [0.05, 0.1) is 11.2 Å². The first-order valence-electron chi connectivity index (χ1n) is 9.79. The molecule has 1 fully saturated rings. The molecule has 2 aromatic rings. The highest BCUT2D eigenvalue weighted by Crippen LogP contribution is 2.46. The Labute approximate surface area is 164 Å². The summed E-state index contributed by atoms with van der Waals surface area (Å²) in [6.45, 7) is 18.8. The number of hydrogen-bond donors (Lipinski definition) is 0. The maximum atomic E-state index is 6.27. The molecular weight excluding hydrogens is 356 g/mol. The van der Waals surface area contributed by atoms with E-state index < -0.39 is 8.07 Å². The fourth-order valence-electron chi connectivity index (χ4n) is 3.25. The molecule has 0 aromatic carbocycles. The van der Waals surface area contributed by atoms with Crippen molar-refractivity contribution < 1.29 is 14.2 Å². The van der Waals surface area contributed by atoms with E-state index in [1.807, 2.05) is 12.3 Å². The van der Waals surface area contributed by atoms with Crippen molar-refractivity contribution >= 4 is 19.1 Å². The SMILES string of the molecule is Cc1cn(COCC[Si](C)(C)C)c2nccc(C3OC(C)(C)C(C)(C)O3)c12. The summed E-state index contributed by atoms with van der Waals surface area (Å²) in [4.78, 5) is 4.61. The van der Waals surface area contributed by atoms with Gasteiger partial charge in [-0.15, -0.1) is 0 Å². The molecule has 1 aliphatic heterocycles. The first kappa shape index (κ1) is 20.5. The van der Waals surface area contributed by atoms with Crippen molar-refractivity contribution in [2.75, 3.05) is 6.61 Å².